The Bertz CT molecular complexity index is 1030. The highest BCUT2D eigenvalue weighted by Crippen LogP contribution is 2.27. The van der Waals surface area contributed by atoms with Crippen LogP contribution in [0.15, 0.2) is 35.2 Å². The lowest BCUT2D eigenvalue weighted by atomic mass is 10.0. The van der Waals surface area contributed by atoms with E-state index in [-0.39, 0.29) is 17.2 Å². The van der Waals surface area contributed by atoms with E-state index in [1.54, 1.807) is 43.5 Å². The number of benzene rings is 1. The van der Waals surface area contributed by atoms with E-state index in [0.717, 1.165) is 0 Å². The van der Waals surface area contributed by atoms with E-state index in [2.05, 4.69) is 0 Å². The summed E-state index contributed by atoms with van der Waals surface area (Å²) in [6.07, 6.45) is 0.561. The van der Waals surface area contributed by atoms with Gasteiger partial charge in [-0.2, -0.15) is 4.31 Å². The van der Waals surface area contributed by atoms with Crippen molar-refractivity contribution >= 4 is 21.8 Å². The van der Waals surface area contributed by atoms with E-state index in [9.17, 15) is 18.0 Å². The first kappa shape index (κ1) is 23.8. The zero-order valence-electron chi connectivity index (χ0n) is 18.4. The van der Waals surface area contributed by atoms with Crippen LogP contribution in [0, 0.1) is 13.8 Å². The van der Waals surface area contributed by atoms with Crippen LogP contribution in [0.5, 0.6) is 0 Å². The Hall–Kier alpha value is -2.45. The Labute approximate surface area is 178 Å². The molecule has 164 valence electrons. The van der Waals surface area contributed by atoms with Crippen molar-refractivity contribution in [2.75, 3.05) is 13.7 Å². The molecular weight excluding hydrogens is 404 g/mol. The van der Waals surface area contributed by atoms with Gasteiger partial charge < -0.3 is 9.30 Å². The smallest absolute Gasteiger partial charge is 0.354 e. The van der Waals surface area contributed by atoms with Crippen LogP contribution in [0.25, 0.3) is 0 Å². The summed E-state index contributed by atoms with van der Waals surface area (Å²) in [5, 5.41) is 0. The van der Waals surface area contributed by atoms with Gasteiger partial charge in [-0.25, -0.2) is 13.2 Å². The molecule has 0 amide bonds. The molecule has 0 aliphatic heterocycles. The molecule has 1 atom stereocenters. The van der Waals surface area contributed by atoms with Crippen LogP contribution in [0.4, 0.5) is 0 Å². The van der Waals surface area contributed by atoms with E-state index in [0.29, 0.717) is 35.5 Å². The average molecular weight is 435 g/mol. The molecule has 7 nitrogen and oxygen atoms in total. The van der Waals surface area contributed by atoms with Gasteiger partial charge in [-0.15, -0.1) is 0 Å². The molecule has 0 aliphatic carbocycles. The van der Waals surface area contributed by atoms with Gasteiger partial charge in [0.15, 0.2) is 5.78 Å². The number of esters is 1. The third-order valence-corrected chi connectivity index (χ3v) is 7.30. The third-order valence-electron chi connectivity index (χ3n) is 5.31. The van der Waals surface area contributed by atoms with Crippen LogP contribution < -0.4 is 0 Å². The van der Waals surface area contributed by atoms with E-state index in [4.69, 9.17) is 4.74 Å². The van der Waals surface area contributed by atoms with Gasteiger partial charge in [0.2, 0.25) is 10.0 Å². The number of rotatable bonds is 9. The monoisotopic (exact) mass is 434 g/mol. The minimum Gasteiger partial charge on any atom is -0.464 e. The van der Waals surface area contributed by atoms with E-state index in [1.165, 1.54) is 23.5 Å². The molecule has 0 saturated carbocycles. The lowest BCUT2D eigenvalue weighted by molar-refractivity contribution is 0.0587. The van der Waals surface area contributed by atoms with E-state index in [1.807, 2.05) is 13.8 Å². The number of hydrogen-bond donors (Lipinski definition) is 0. The van der Waals surface area contributed by atoms with Crippen molar-refractivity contribution in [2.24, 2.45) is 0 Å². The Morgan fingerprint density at radius 3 is 2.23 bits per heavy atom. The van der Waals surface area contributed by atoms with Crippen LogP contribution in [0.2, 0.25) is 0 Å². The highest BCUT2D eigenvalue weighted by atomic mass is 32.2. The molecule has 0 saturated heterocycles. The quantitative estimate of drug-likeness (QED) is 0.445. The highest BCUT2D eigenvalue weighted by Gasteiger charge is 2.36. The molecule has 0 spiro atoms. The summed E-state index contributed by atoms with van der Waals surface area (Å²) >= 11 is 0. The van der Waals surface area contributed by atoms with Crippen molar-refractivity contribution in [3.8, 4) is 0 Å². The zero-order valence-corrected chi connectivity index (χ0v) is 19.2. The lowest BCUT2D eigenvalue weighted by Crippen LogP contribution is -2.44. The van der Waals surface area contributed by atoms with Crippen LogP contribution in [0.3, 0.4) is 0 Å². The molecule has 2 rings (SSSR count). The zero-order chi connectivity index (χ0) is 22.6. The molecule has 0 bridgehead atoms. The number of ether oxygens (including phenoxy) is 1. The fourth-order valence-electron chi connectivity index (χ4n) is 3.82. The number of carbonyl (C=O) groups excluding carboxylic acids is 2. The summed E-state index contributed by atoms with van der Waals surface area (Å²) in [4.78, 5) is 25.9. The molecule has 0 N–H and O–H groups in total. The molecule has 8 heteroatoms. The maximum atomic E-state index is 13.5. The summed E-state index contributed by atoms with van der Waals surface area (Å²) in [7, 11) is -2.56. The maximum Gasteiger partial charge on any atom is 0.354 e. The molecular formula is C22H30N2O5S. The Morgan fingerprint density at radius 2 is 1.73 bits per heavy atom. The van der Waals surface area contributed by atoms with Gasteiger partial charge in [-0.05, 0) is 51.8 Å². The van der Waals surface area contributed by atoms with Crippen LogP contribution in [-0.2, 0) is 21.3 Å². The molecule has 1 aromatic heterocycles. The van der Waals surface area contributed by atoms with Gasteiger partial charge in [0.25, 0.3) is 0 Å². The molecule has 2 aromatic rings. The van der Waals surface area contributed by atoms with Gasteiger partial charge in [0.1, 0.15) is 5.69 Å². The Balaban J connectivity index is 2.56. The molecule has 0 fully saturated rings. The molecule has 1 aromatic carbocycles. The number of carbonyl (C=O) groups is 2. The van der Waals surface area contributed by atoms with Crippen molar-refractivity contribution in [1.82, 2.24) is 8.87 Å². The first-order valence-corrected chi connectivity index (χ1v) is 11.5. The summed E-state index contributed by atoms with van der Waals surface area (Å²) < 4.78 is 34.4. The Kier molecular flexibility index (Phi) is 7.60. The highest BCUT2D eigenvalue weighted by molar-refractivity contribution is 7.89. The predicted octanol–water partition coefficient (Wildman–Crippen LogP) is 3.58. The minimum atomic E-state index is -3.86. The number of sulfonamides is 1. The lowest BCUT2D eigenvalue weighted by Gasteiger charge is -2.27. The second-order valence-electron chi connectivity index (χ2n) is 7.14. The standard InChI is InChI=1S/C22H30N2O5S/c1-7-14-24(30(27,28)18-12-10-9-11-13-18)17(5)21(25)19-15(3)20(22(26)29-6)23(8-2)16(19)4/h9-13,17H,7-8,14H2,1-6H3/t17-/m0/s1. The predicted molar refractivity (Wildman–Crippen MR) is 115 cm³/mol. The molecule has 0 aliphatic rings. The number of hydrogen-bond acceptors (Lipinski definition) is 5. The summed E-state index contributed by atoms with van der Waals surface area (Å²) in [6.45, 7) is 9.49. The minimum absolute atomic E-state index is 0.146. The average Bonchev–Trinajstić information content (AvgIpc) is 3.00. The fourth-order valence-corrected chi connectivity index (χ4v) is 5.53. The number of nitrogens with zero attached hydrogens (tertiary/aromatic N) is 2. The van der Waals surface area contributed by atoms with Gasteiger partial charge in [-0.3, -0.25) is 4.79 Å². The van der Waals surface area contributed by atoms with Gasteiger partial charge in [0, 0.05) is 24.3 Å². The third kappa shape index (κ3) is 4.20. The second-order valence-corrected chi connectivity index (χ2v) is 9.03. The Morgan fingerprint density at radius 1 is 1.13 bits per heavy atom. The van der Waals surface area contributed by atoms with E-state index >= 15 is 0 Å². The van der Waals surface area contributed by atoms with Crippen LogP contribution >= 0.6 is 0 Å². The van der Waals surface area contributed by atoms with Crippen molar-refractivity contribution in [3.63, 3.8) is 0 Å². The largest absolute Gasteiger partial charge is 0.464 e. The van der Waals surface area contributed by atoms with Gasteiger partial charge >= 0.3 is 5.97 Å². The number of methoxy groups -OCH3 is 1. The summed E-state index contributed by atoms with van der Waals surface area (Å²) in [5.74, 6) is -0.859. The summed E-state index contributed by atoms with van der Waals surface area (Å²) in [5.41, 5.74) is 1.82. The molecule has 0 unspecified atom stereocenters. The van der Waals surface area contributed by atoms with Crippen molar-refractivity contribution in [2.45, 2.75) is 58.5 Å². The van der Waals surface area contributed by atoms with Crippen molar-refractivity contribution in [1.29, 1.82) is 0 Å². The van der Waals surface area contributed by atoms with Crippen molar-refractivity contribution < 1.29 is 22.7 Å². The first-order chi connectivity index (χ1) is 14.1. The topological polar surface area (TPSA) is 85.7 Å². The second kappa shape index (κ2) is 9.57. The fraction of sp³-hybridized carbons (Fsp3) is 0.455. The van der Waals surface area contributed by atoms with Gasteiger partial charge in [0.05, 0.1) is 18.0 Å². The van der Waals surface area contributed by atoms with Crippen molar-refractivity contribution in [3.05, 3.63) is 52.8 Å². The molecule has 1 heterocycles. The van der Waals surface area contributed by atoms with Gasteiger partial charge in [-0.1, -0.05) is 25.1 Å². The molecule has 0 radical (unpaired) electrons. The molecule has 30 heavy (non-hydrogen) atoms. The number of Topliss-reactive ketones (excluding diaryl/α,β-unsaturated/α-hetero) is 1. The SMILES string of the molecule is CCCN([C@@H](C)C(=O)c1c(C)c(C(=O)OC)n(CC)c1C)S(=O)(=O)c1ccccc1. The van der Waals surface area contributed by atoms with Crippen LogP contribution in [0.1, 0.15) is 59.3 Å². The maximum absolute atomic E-state index is 13.5. The number of ketones is 1. The summed E-state index contributed by atoms with van der Waals surface area (Å²) in [6, 6.07) is 7.17. The van der Waals surface area contributed by atoms with E-state index < -0.39 is 22.0 Å². The first-order valence-electron chi connectivity index (χ1n) is 10.0. The van der Waals surface area contributed by atoms with Crippen LogP contribution in [-0.4, -0.2) is 48.7 Å². The normalized spacial score (nSPS) is 12.8. The number of aromatic nitrogens is 1.